The molecule has 5 rings (SSSR count). The van der Waals surface area contributed by atoms with Crippen LogP contribution in [0.3, 0.4) is 0 Å². The molecule has 5 nitrogen and oxygen atoms in total. The highest BCUT2D eigenvalue weighted by Gasteiger charge is 2.28. The van der Waals surface area contributed by atoms with Crippen LogP contribution < -0.4 is 4.74 Å². The van der Waals surface area contributed by atoms with Crippen LogP contribution in [0.2, 0.25) is 0 Å². The van der Waals surface area contributed by atoms with Crippen molar-refractivity contribution >= 4 is 39.6 Å². The third-order valence-electron chi connectivity index (χ3n) is 6.00. The number of likely N-dealkylation sites (tertiary alicyclic amines) is 1. The van der Waals surface area contributed by atoms with Gasteiger partial charge in [-0.15, -0.1) is 23.7 Å². The van der Waals surface area contributed by atoms with Crippen molar-refractivity contribution in [1.29, 1.82) is 0 Å². The molecule has 1 aliphatic rings. The van der Waals surface area contributed by atoms with Crippen molar-refractivity contribution in [3.8, 4) is 27.7 Å². The first kappa shape index (κ1) is 25.0. The quantitative estimate of drug-likeness (QED) is 0.284. The Labute approximate surface area is 215 Å². The lowest BCUT2D eigenvalue weighted by Gasteiger charge is -2.39. The number of carbonyl (C=O) groups is 1. The van der Waals surface area contributed by atoms with Crippen molar-refractivity contribution in [1.82, 2.24) is 4.90 Å². The maximum absolute atomic E-state index is 13.7. The molecule has 2 heterocycles. The van der Waals surface area contributed by atoms with Gasteiger partial charge >= 0.3 is 0 Å². The normalized spacial score (nSPS) is 14.0. The largest absolute Gasteiger partial charge is 0.508 e. The molecule has 1 fully saturated rings. The number of ketones is 1. The zero-order chi connectivity index (χ0) is 23.8. The Kier molecular flexibility index (Phi) is 7.36. The first-order valence-corrected chi connectivity index (χ1v) is 12.3. The molecule has 182 valence electrons. The number of rotatable bonds is 7. The van der Waals surface area contributed by atoms with Crippen molar-refractivity contribution in [2.45, 2.75) is 20.0 Å². The predicted molar refractivity (Wildman–Crippen MR) is 143 cm³/mol. The van der Waals surface area contributed by atoms with Gasteiger partial charge in [-0.05, 0) is 78.2 Å². The highest BCUT2D eigenvalue weighted by atomic mass is 35.5. The number of aromatic hydroxyl groups is 2. The number of phenolic OH excluding ortho intramolecular Hbond substituents is 2. The second-order valence-electron chi connectivity index (χ2n) is 9.24. The predicted octanol–water partition coefficient (Wildman–Crippen LogP) is 6.35. The van der Waals surface area contributed by atoms with E-state index in [1.54, 1.807) is 42.5 Å². The number of thiophene rings is 1. The van der Waals surface area contributed by atoms with Crippen molar-refractivity contribution in [2.75, 3.05) is 19.6 Å². The number of carbonyl (C=O) groups excluding carboxylic acids is 1. The first-order chi connectivity index (χ1) is 16.4. The van der Waals surface area contributed by atoms with Crippen LogP contribution >= 0.6 is 23.7 Å². The number of hydrogen-bond acceptors (Lipinski definition) is 6. The van der Waals surface area contributed by atoms with Gasteiger partial charge in [0.1, 0.15) is 23.4 Å². The molecule has 0 atom stereocenters. The summed E-state index contributed by atoms with van der Waals surface area (Å²) in [6.45, 7) is 7.39. The fourth-order valence-corrected chi connectivity index (χ4v) is 5.65. The van der Waals surface area contributed by atoms with E-state index in [1.807, 2.05) is 24.3 Å². The van der Waals surface area contributed by atoms with Crippen LogP contribution in [0.25, 0.3) is 20.5 Å². The smallest absolute Gasteiger partial charge is 0.195 e. The molecule has 7 heteroatoms. The lowest BCUT2D eigenvalue weighted by atomic mass is 9.97. The molecule has 0 bridgehead atoms. The van der Waals surface area contributed by atoms with Gasteiger partial charge in [-0.3, -0.25) is 9.69 Å². The molecule has 0 unspecified atom stereocenters. The highest BCUT2D eigenvalue weighted by molar-refractivity contribution is 7.22. The molecule has 35 heavy (non-hydrogen) atoms. The molecule has 0 spiro atoms. The minimum atomic E-state index is -0.0849. The Morgan fingerprint density at radius 1 is 1.00 bits per heavy atom. The van der Waals surface area contributed by atoms with Crippen molar-refractivity contribution < 1.29 is 19.7 Å². The lowest BCUT2D eigenvalue weighted by Crippen LogP contribution is -2.54. The number of halogens is 1. The number of phenols is 2. The molecule has 1 aromatic heterocycles. The van der Waals surface area contributed by atoms with Crippen LogP contribution in [0.4, 0.5) is 0 Å². The van der Waals surface area contributed by atoms with Crippen molar-refractivity contribution in [3.63, 3.8) is 0 Å². The van der Waals surface area contributed by atoms with Crippen LogP contribution in [0.5, 0.6) is 17.2 Å². The van der Waals surface area contributed by atoms with Crippen molar-refractivity contribution in [2.24, 2.45) is 5.92 Å². The van der Waals surface area contributed by atoms with Crippen LogP contribution in [-0.4, -0.2) is 46.6 Å². The van der Waals surface area contributed by atoms with E-state index in [-0.39, 0.29) is 35.8 Å². The van der Waals surface area contributed by atoms with Gasteiger partial charge in [0.25, 0.3) is 0 Å². The highest BCUT2D eigenvalue weighted by Crippen LogP contribution is 2.41. The molecule has 4 aromatic rings. The minimum Gasteiger partial charge on any atom is -0.508 e. The summed E-state index contributed by atoms with van der Waals surface area (Å²) >= 11 is 1.45. The molecule has 0 saturated carbocycles. The summed E-state index contributed by atoms with van der Waals surface area (Å²) in [6.07, 6.45) is 0.190. The zero-order valence-corrected chi connectivity index (χ0v) is 21.2. The summed E-state index contributed by atoms with van der Waals surface area (Å²) in [6, 6.07) is 19.2. The first-order valence-electron chi connectivity index (χ1n) is 11.5. The average Bonchev–Trinajstić information content (AvgIpc) is 3.16. The molecule has 0 aliphatic carbocycles. The minimum absolute atomic E-state index is 0. The van der Waals surface area contributed by atoms with Crippen LogP contribution in [-0.2, 0) is 0 Å². The number of hydrogen-bond donors (Lipinski definition) is 2. The monoisotopic (exact) mass is 509 g/mol. The summed E-state index contributed by atoms with van der Waals surface area (Å²) in [4.78, 5) is 16.9. The second kappa shape index (κ2) is 10.3. The van der Waals surface area contributed by atoms with Gasteiger partial charge in [-0.25, -0.2) is 0 Å². The van der Waals surface area contributed by atoms with Gasteiger partial charge in [-0.2, -0.15) is 0 Å². The molecule has 1 aliphatic heterocycles. The van der Waals surface area contributed by atoms with E-state index in [9.17, 15) is 15.0 Å². The summed E-state index contributed by atoms with van der Waals surface area (Å²) in [7, 11) is 0. The van der Waals surface area contributed by atoms with Gasteiger partial charge in [0.15, 0.2) is 5.78 Å². The number of benzene rings is 3. The average molecular weight is 510 g/mol. The van der Waals surface area contributed by atoms with Gasteiger partial charge in [0, 0.05) is 45.7 Å². The lowest BCUT2D eigenvalue weighted by molar-refractivity contribution is 0.0131. The van der Waals surface area contributed by atoms with Gasteiger partial charge in [-0.1, -0.05) is 13.8 Å². The van der Waals surface area contributed by atoms with Crippen LogP contribution in [0.1, 0.15) is 29.8 Å². The number of fused-ring (bicyclic) bond motifs is 1. The number of nitrogens with zero attached hydrogens (tertiary/aromatic N) is 1. The Hall–Kier alpha value is -3.06. The third-order valence-corrected chi connectivity index (χ3v) is 7.20. The summed E-state index contributed by atoms with van der Waals surface area (Å²) in [5.41, 5.74) is 2.02. The fourth-order valence-electron chi connectivity index (χ4n) is 4.41. The van der Waals surface area contributed by atoms with E-state index in [4.69, 9.17) is 4.74 Å². The third kappa shape index (κ3) is 5.30. The summed E-state index contributed by atoms with van der Waals surface area (Å²) in [5, 5.41) is 20.4. The Balaban J connectivity index is 0.00000289. The topological polar surface area (TPSA) is 70.0 Å². The number of ether oxygens (including phenoxy) is 1. The molecular formula is C28H28ClNO4S. The Morgan fingerprint density at radius 3 is 2.31 bits per heavy atom. The Morgan fingerprint density at radius 2 is 1.66 bits per heavy atom. The molecular weight excluding hydrogens is 482 g/mol. The van der Waals surface area contributed by atoms with E-state index >= 15 is 0 Å². The molecule has 3 aromatic carbocycles. The molecule has 1 saturated heterocycles. The van der Waals surface area contributed by atoms with E-state index in [1.165, 1.54) is 11.3 Å². The maximum atomic E-state index is 13.7. The standard InChI is InChI=1S/C28H27NO4S.ClH/c1-17(2)14-29-15-23(16-29)33-22-10-5-18(6-11-22)27(32)26-24-12-9-21(31)13-25(24)34-28(26)19-3-7-20(30)8-4-19;/h3-13,17,23,30-31H,14-16H2,1-2H3;1H. The summed E-state index contributed by atoms with van der Waals surface area (Å²) in [5.74, 6) is 1.66. The van der Waals surface area contributed by atoms with Crippen LogP contribution in [0.15, 0.2) is 66.7 Å². The van der Waals surface area contributed by atoms with E-state index in [0.717, 1.165) is 45.9 Å². The Bertz CT molecular complexity index is 1330. The van der Waals surface area contributed by atoms with E-state index < -0.39 is 0 Å². The van der Waals surface area contributed by atoms with Crippen molar-refractivity contribution in [3.05, 3.63) is 77.9 Å². The molecule has 2 N–H and O–H groups in total. The zero-order valence-electron chi connectivity index (χ0n) is 19.6. The summed E-state index contributed by atoms with van der Waals surface area (Å²) < 4.78 is 6.91. The van der Waals surface area contributed by atoms with E-state index in [2.05, 4.69) is 18.7 Å². The molecule has 0 radical (unpaired) electrons. The van der Waals surface area contributed by atoms with Gasteiger partial charge in [0.05, 0.1) is 0 Å². The van der Waals surface area contributed by atoms with Gasteiger partial charge < -0.3 is 14.9 Å². The SMILES string of the molecule is CC(C)CN1CC(Oc2ccc(C(=O)c3c(-c4ccc(O)cc4)sc4cc(O)ccc34)cc2)C1.Cl. The van der Waals surface area contributed by atoms with E-state index in [0.29, 0.717) is 17.0 Å². The van der Waals surface area contributed by atoms with Gasteiger partial charge in [0.2, 0.25) is 0 Å². The molecule has 0 amide bonds. The fraction of sp³-hybridized carbons (Fsp3) is 0.250. The maximum Gasteiger partial charge on any atom is 0.195 e. The van der Waals surface area contributed by atoms with Crippen LogP contribution in [0, 0.1) is 5.92 Å². The second-order valence-corrected chi connectivity index (χ2v) is 10.3.